The van der Waals surface area contributed by atoms with Gasteiger partial charge in [-0.1, -0.05) is 48.5 Å². The van der Waals surface area contributed by atoms with E-state index in [1.54, 1.807) is 11.3 Å². The molecule has 4 nitrogen and oxygen atoms in total. The SMILES string of the molecule is c1ccc(N=c2scc(-c3ccccc3)n2CCCN2CCOCC2)cc1. The Balaban J connectivity index is 1.59. The number of rotatable bonds is 6. The zero-order valence-corrected chi connectivity index (χ0v) is 16.3. The van der Waals surface area contributed by atoms with Gasteiger partial charge in [0.2, 0.25) is 0 Å². The van der Waals surface area contributed by atoms with Crippen LogP contribution in [-0.4, -0.2) is 42.3 Å². The van der Waals surface area contributed by atoms with Gasteiger partial charge in [0.15, 0.2) is 4.80 Å². The smallest absolute Gasteiger partial charge is 0.190 e. The minimum atomic E-state index is 0.857. The molecule has 1 saturated heterocycles. The molecule has 5 heteroatoms. The molecule has 0 spiro atoms. The molecule has 0 aliphatic carbocycles. The van der Waals surface area contributed by atoms with E-state index in [9.17, 15) is 0 Å². The molecule has 1 aliphatic heterocycles. The number of para-hydroxylation sites is 1. The molecule has 3 aromatic rings. The Hall–Kier alpha value is -2.21. The predicted octanol–water partition coefficient (Wildman–Crippen LogP) is 4.17. The highest BCUT2D eigenvalue weighted by molar-refractivity contribution is 7.07. The van der Waals surface area contributed by atoms with Crippen LogP contribution in [-0.2, 0) is 11.3 Å². The van der Waals surface area contributed by atoms with Crippen molar-refractivity contribution >= 4 is 17.0 Å². The molecule has 0 atom stereocenters. The van der Waals surface area contributed by atoms with Crippen LogP contribution >= 0.6 is 11.3 Å². The molecule has 2 heterocycles. The molecule has 140 valence electrons. The third kappa shape index (κ3) is 4.75. The van der Waals surface area contributed by atoms with E-state index in [1.807, 2.05) is 18.2 Å². The summed E-state index contributed by atoms with van der Waals surface area (Å²) in [6.45, 7) is 5.87. The van der Waals surface area contributed by atoms with E-state index in [0.29, 0.717) is 0 Å². The molecule has 1 aromatic heterocycles. The molecule has 1 fully saturated rings. The third-order valence-corrected chi connectivity index (χ3v) is 5.67. The average molecular weight is 380 g/mol. The van der Waals surface area contributed by atoms with Crippen molar-refractivity contribution in [2.24, 2.45) is 4.99 Å². The van der Waals surface area contributed by atoms with Crippen LogP contribution in [0.4, 0.5) is 5.69 Å². The summed E-state index contributed by atoms with van der Waals surface area (Å²) in [7, 11) is 0. The first-order valence-electron chi connectivity index (χ1n) is 9.54. The maximum Gasteiger partial charge on any atom is 0.190 e. The number of thiazole rings is 1. The molecular weight excluding hydrogens is 354 g/mol. The van der Waals surface area contributed by atoms with E-state index >= 15 is 0 Å². The van der Waals surface area contributed by atoms with Crippen LogP contribution in [0.2, 0.25) is 0 Å². The number of hydrogen-bond acceptors (Lipinski definition) is 4. The zero-order valence-electron chi connectivity index (χ0n) is 15.5. The number of benzene rings is 2. The van der Waals surface area contributed by atoms with E-state index in [0.717, 1.165) is 56.3 Å². The minimum Gasteiger partial charge on any atom is -0.379 e. The lowest BCUT2D eigenvalue weighted by molar-refractivity contribution is 0.0369. The second kappa shape index (κ2) is 9.13. The molecule has 2 aromatic carbocycles. The van der Waals surface area contributed by atoms with Crippen LogP contribution in [0.1, 0.15) is 6.42 Å². The van der Waals surface area contributed by atoms with Gasteiger partial charge in [0.05, 0.1) is 24.6 Å². The Morgan fingerprint density at radius 1 is 0.889 bits per heavy atom. The van der Waals surface area contributed by atoms with Crippen molar-refractivity contribution in [1.29, 1.82) is 0 Å². The summed E-state index contributed by atoms with van der Waals surface area (Å²) in [6.07, 6.45) is 1.11. The number of hydrogen-bond donors (Lipinski definition) is 0. The standard InChI is InChI=1S/C22H25N3OS/c1-3-8-19(9-4-1)21-18-27-22(23-20-10-5-2-6-11-20)25(21)13-7-12-24-14-16-26-17-15-24/h1-6,8-11,18H,7,12-17H2. The monoisotopic (exact) mass is 379 g/mol. The predicted molar refractivity (Wildman–Crippen MR) is 111 cm³/mol. The second-order valence-corrected chi connectivity index (χ2v) is 7.51. The fourth-order valence-corrected chi connectivity index (χ4v) is 4.32. The van der Waals surface area contributed by atoms with E-state index in [4.69, 9.17) is 9.73 Å². The molecule has 0 radical (unpaired) electrons. The van der Waals surface area contributed by atoms with Gasteiger partial charge in [0.25, 0.3) is 0 Å². The molecular formula is C22H25N3OS. The van der Waals surface area contributed by atoms with Gasteiger partial charge in [-0.3, -0.25) is 4.90 Å². The lowest BCUT2D eigenvalue weighted by Crippen LogP contribution is -2.37. The van der Waals surface area contributed by atoms with Crippen LogP contribution in [0.3, 0.4) is 0 Å². The van der Waals surface area contributed by atoms with Crippen molar-refractivity contribution in [3.63, 3.8) is 0 Å². The summed E-state index contributed by atoms with van der Waals surface area (Å²) in [6, 6.07) is 20.8. The first-order chi connectivity index (χ1) is 13.4. The quantitative estimate of drug-likeness (QED) is 0.643. The normalized spacial score (nSPS) is 15.9. The summed E-state index contributed by atoms with van der Waals surface area (Å²) in [5, 5.41) is 2.23. The molecule has 4 rings (SSSR count). The van der Waals surface area contributed by atoms with Crippen molar-refractivity contribution in [3.05, 3.63) is 70.8 Å². The summed E-state index contributed by atoms with van der Waals surface area (Å²) in [4.78, 5) is 8.45. The molecule has 0 unspecified atom stereocenters. The zero-order chi connectivity index (χ0) is 18.3. The summed E-state index contributed by atoms with van der Waals surface area (Å²) in [5.41, 5.74) is 3.49. The highest BCUT2D eigenvalue weighted by atomic mass is 32.1. The molecule has 0 amide bonds. The van der Waals surface area contributed by atoms with Crippen LogP contribution in [0, 0.1) is 0 Å². The maximum atomic E-state index is 5.45. The number of ether oxygens (including phenoxy) is 1. The molecule has 0 N–H and O–H groups in total. The van der Waals surface area contributed by atoms with Crippen molar-refractivity contribution in [3.8, 4) is 11.3 Å². The summed E-state index contributed by atoms with van der Waals surface area (Å²) < 4.78 is 7.82. The average Bonchev–Trinajstić information content (AvgIpc) is 3.13. The number of nitrogens with zero attached hydrogens (tertiary/aromatic N) is 3. The first kappa shape index (κ1) is 18.2. The fourth-order valence-electron chi connectivity index (χ4n) is 3.36. The Morgan fingerprint density at radius 3 is 2.33 bits per heavy atom. The van der Waals surface area contributed by atoms with Gasteiger partial charge in [-0.15, -0.1) is 11.3 Å². The van der Waals surface area contributed by atoms with E-state index in [-0.39, 0.29) is 0 Å². The summed E-state index contributed by atoms with van der Waals surface area (Å²) in [5.74, 6) is 0. The van der Waals surface area contributed by atoms with Crippen LogP contribution < -0.4 is 4.80 Å². The van der Waals surface area contributed by atoms with Crippen molar-refractivity contribution in [2.75, 3.05) is 32.8 Å². The molecule has 0 bridgehead atoms. The largest absolute Gasteiger partial charge is 0.379 e. The van der Waals surface area contributed by atoms with Gasteiger partial charge < -0.3 is 9.30 Å². The summed E-state index contributed by atoms with van der Waals surface area (Å²) >= 11 is 1.71. The van der Waals surface area contributed by atoms with Crippen molar-refractivity contribution in [2.45, 2.75) is 13.0 Å². The van der Waals surface area contributed by atoms with Gasteiger partial charge in [-0.25, -0.2) is 4.99 Å². The van der Waals surface area contributed by atoms with Gasteiger partial charge >= 0.3 is 0 Å². The Labute approximate surface area is 164 Å². The van der Waals surface area contributed by atoms with Crippen LogP contribution in [0.5, 0.6) is 0 Å². The highest BCUT2D eigenvalue weighted by Gasteiger charge is 2.12. The van der Waals surface area contributed by atoms with Crippen LogP contribution in [0.25, 0.3) is 11.3 Å². The Bertz CT molecular complexity index is 896. The Morgan fingerprint density at radius 2 is 1.59 bits per heavy atom. The van der Waals surface area contributed by atoms with Gasteiger partial charge in [-0.2, -0.15) is 0 Å². The van der Waals surface area contributed by atoms with Crippen molar-refractivity contribution < 1.29 is 4.74 Å². The number of morpholine rings is 1. The Kier molecular flexibility index (Phi) is 6.14. The maximum absolute atomic E-state index is 5.45. The second-order valence-electron chi connectivity index (χ2n) is 6.68. The molecule has 1 aliphatic rings. The third-order valence-electron chi connectivity index (χ3n) is 4.81. The topological polar surface area (TPSA) is 29.8 Å². The van der Waals surface area contributed by atoms with Gasteiger partial charge in [0.1, 0.15) is 0 Å². The van der Waals surface area contributed by atoms with Gasteiger partial charge in [0, 0.05) is 31.6 Å². The van der Waals surface area contributed by atoms with Gasteiger partial charge in [-0.05, 0) is 24.1 Å². The number of aromatic nitrogens is 1. The lowest BCUT2D eigenvalue weighted by Gasteiger charge is -2.26. The molecule has 27 heavy (non-hydrogen) atoms. The fraction of sp³-hybridized carbons (Fsp3) is 0.318. The minimum absolute atomic E-state index is 0.857. The van der Waals surface area contributed by atoms with Crippen LogP contribution in [0.15, 0.2) is 71.0 Å². The lowest BCUT2D eigenvalue weighted by atomic mass is 10.2. The first-order valence-corrected chi connectivity index (χ1v) is 10.4. The van der Waals surface area contributed by atoms with E-state index < -0.39 is 0 Å². The van der Waals surface area contributed by atoms with E-state index in [2.05, 4.69) is 57.3 Å². The molecule has 0 saturated carbocycles. The van der Waals surface area contributed by atoms with E-state index in [1.165, 1.54) is 11.3 Å². The highest BCUT2D eigenvalue weighted by Crippen LogP contribution is 2.21. The van der Waals surface area contributed by atoms with Crippen molar-refractivity contribution in [1.82, 2.24) is 9.47 Å².